The lowest BCUT2D eigenvalue weighted by Crippen LogP contribution is -2.54. The van der Waals surface area contributed by atoms with Crippen molar-refractivity contribution in [1.29, 1.82) is 0 Å². The Hall–Kier alpha value is -1.71. The number of amides is 2. The van der Waals surface area contributed by atoms with Gasteiger partial charge in [-0.25, -0.2) is 4.79 Å². The fourth-order valence-electron chi connectivity index (χ4n) is 4.79. The minimum atomic E-state index is 0.00333. The van der Waals surface area contributed by atoms with Crippen LogP contribution in [0.1, 0.15) is 71.1 Å². The summed E-state index contributed by atoms with van der Waals surface area (Å²) in [4.78, 5) is 17.6. The van der Waals surface area contributed by atoms with Crippen LogP contribution in [0.25, 0.3) is 0 Å². The number of carbonyl (C=O) groups is 1. The van der Waals surface area contributed by atoms with Gasteiger partial charge < -0.3 is 15.1 Å². The van der Waals surface area contributed by atoms with Crippen molar-refractivity contribution in [3.8, 4) is 0 Å². The van der Waals surface area contributed by atoms with Crippen molar-refractivity contribution in [3.05, 3.63) is 24.3 Å². The number of carbonyl (C=O) groups excluding carboxylic acids is 1. The third kappa shape index (κ3) is 5.18. The predicted molar refractivity (Wildman–Crippen MR) is 115 cm³/mol. The van der Waals surface area contributed by atoms with Crippen LogP contribution in [0, 0.1) is 5.92 Å². The van der Waals surface area contributed by atoms with Gasteiger partial charge in [-0.3, -0.25) is 0 Å². The first-order chi connectivity index (χ1) is 13.0. The Labute approximate surface area is 165 Å². The predicted octanol–water partition coefficient (Wildman–Crippen LogP) is 5.89. The maximum absolute atomic E-state index is 13.3. The Bertz CT molecular complexity index is 599. The molecule has 4 heteroatoms. The lowest BCUT2D eigenvalue weighted by Gasteiger charge is -2.45. The summed E-state index contributed by atoms with van der Waals surface area (Å²) in [6.45, 7) is 3.22. The van der Waals surface area contributed by atoms with E-state index in [1.54, 1.807) is 0 Å². The number of anilines is 2. The van der Waals surface area contributed by atoms with Crippen LogP contribution in [0.3, 0.4) is 0 Å². The van der Waals surface area contributed by atoms with E-state index in [9.17, 15) is 4.79 Å². The minimum Gasteiger partial charge on any atom is -0.378 e. The van der Waals surface area contributed by atoms with Gasteiger partial charge in [-0.1, -0.05) is 38.5 Å². The molecule has 0 spiro atoms. The normalized spacial score (nSPS) is 20.1. The van der Waals surface area contributed by atoms with Crippen molar-refractivity contribution in [3.63, 3.8) is 0 Å². The topological polar surface area (TPSA) is 35.6 Å². The van der Waals surface area contributed by atoms with Gasteiger partial charge in [-0.2, -0.15) is 0 Å². The van der Waals surface area contributed by atoms with Gasteiger partial charge in [-0.05, 0) is 62.8 Å². The van der Waals surface area contributed by atoms with Crippen LogP contribution in [-0.4, -0.2) is 37.1 Å². The van der Waals surface area contributed by atoms with Gasteiger partial charge in [0.25, 0.3) is 0 Å². The molecule has 2 amide bonds. The van der Waals surface area contributed by atoms with Crippen molar-refractivity contribution in [2.45, 2.75) is 76.7 Å². The molecule has 0 aliphatic heterocycles. The number of nitrogens with one attached hydrogen (secondary N) is 1. The lowest BCUT2D eigenvalue weighted by atomic mass is 9.80. The Balaban J connectivity index is 1.72. The van der Waals surface area contributed by atoms with Crippen molar-refractivity contribution in [2.24, 2.45) is 5.92 Å². The third-order valence-electron chi connectivity index (χ3n) is 6.63. The molecule has 1 N–H and O–H groups in total. The van der Waals surface area contributed by atoms with Gasteiger partial charge in [-0.15, -0.1) is 0 Å². The highest BCUT2D eigenvalue weighted by Crippen LogP contribution is 2.36. The molecule has 0 unspecified atom stereocenters. The fourth-order valence-corrected chi connectivity index (χ4v) is 4.79. The fraction of sp³-hybridized carbons (Fsp3) is 0.696. The molecule has 2 saturated carbocycles. The van der Waals surface area contributed by atoms with Crippen LogP contribution >= 0.6 is 0 Å². The summed E-state index contributed by atoms with van der Waals surface area (Å²) in [5.41, 5.74) is 2.04. The maximum atomic E-state index is 13.3. The lowest BCUT2D eigenvalue weighted by molar-refractivity contribution is 0.0798. The second-order valence-electron chi connectivity index (χ2n) is 9.04. The van der Waals surface area contributed by atoms with Gasteiger partial charge in [0.2, 0.25) is 0 Å². The van der Waals surface area contributed by atoms with E-state index in [-0.39, 0.29) is 11.6 Å². The van der Waals surface area contributed by atoms with Crippen molar-refractivity contribution in [2.75, 3.05) is 30.9 Å². The molecule has 0 aromatic heterocycles. The van der Waals surface area contributed by atoms with E-state index < -0.39 is 0 Å². The maximum Gasteiger partial charge on any atom is 0.322 e. The summed E-state index contributed by atoms with van der Waals surface area (Å²) < 4.78 is 0. The summed E-state index contributed by atoms with van der Waals surface area (Å²) in [6, 6.07) is 8.22. The summed E-state index contributed by atoms with van der Waals surface area (Å²) in [6.07, 6.45) is 12.6. The average molecular weight is 372 g/mol. The Morgan fingerprint density at radius 2 is 1.59 bits per heavy atom. The van der Waals surface area contributed by atoms with Crippen molar-refractivity contribution >= 4 is 17.4 Å². The van der Waals surface area contributed by atoms with Gasteiger partial charge >= 0.3 is 6.03 Å². The van der Waals surface area contributed by atoms with E-state index in [2.05, 4.69) is 34.2 Å². The molecule has 2 aliphatic carbocycles. The number of rotatable bonds is 5. The molecular weight excluding hydrogens is 334 g/mol. The number of hydrogen-bond acceptors (Lipinski definition) is 2. The molecule has 0 bridgehead atoms. The molecule has 2 fully saturated rings. The van der Waals surface area contributed by atoms with E-state index in [1.165, 1.54) is 51.4 Å². The number of nitrogens with zero attached hydrogens (tertiary/aromatic N) is 2. The average Bonchev–Trinajstić information content (AvgIpc) is 2.67. The van der Waals surface area contributed by atoms with Gasteiger partial charge in [0.1, 0.15) is 0 Å². The number of urea groups is 1. The first kappa shape index (κ1) is 20.0. The molecule has 0 atom stereocenters. The van der Waals surface area contributed by atoms with Gasteiger partial charge in [0.15, 0.2) is 0 Å². The van der Waals surface area contributed by atoms with Crippen LogP contribution in [0.2, 0.25) is 0 Å². The highest BCUT2D eigenvalue weighted by Gasteiger charge is 2.37. The molecule has 2 aliphatic rings. The Morgan fingerprint density at radius 1 is 1.00 bits per heavy atom. The molecule has 3 rings (SSSR count). The molecule has 27 heavy (non-hydrogen) atoms. The highest BCUT2D eigenvalue weighted by atomic mass is 16.2. The second-order valence-corrected chi connectivity index (χ2v) is 9.04. The smallest absolute Gasteiger partial charge is 0.322 e. The first-order valence-electron chi connectivity index (χ1n) is 10.8. The SMILES string of the molecule is CN(C)c1ccc(NC(=O)N(CC2CCCCC2)C2(C)CCCCC2)cc1. The van der Waals surface area contributed by atoms with E-state index in [4.69, 9.17) is 0 Å². The van der Waals surface area contributed by atoms with Gasteiger partial charge in [0, 0.05) is 37.6 Å². The third-order valence-corrected chi connectivity index (χ3v) is 6.63. The molecule has 0 radical (unpaired) electrons. The molecule has 150 valence electrons. The van der Waals surface area contributed by atoms with E-state index in [0.717, 1.165) is 30.8 Å². The van der Waals surface area contributed by atoms with Crippen LogP contribution in [0.15, 0.2) is 24.3 Å². The van der Waals surface area contributed by atoms with Crippen LogP contribution in [-0.2, 0) is 0 Å². The van der Waals surface area contributed by atoms with Crippen molar-refractivity contribution < 1.29 is 4.79 Å². The van der Waals surface area contributed by atoms with E-state index in [0.29, 0.717) is 5.92 Å². The molecule has 4 nitrogen and oxygen atoms in total. The van der Waals surface area contributed by atoms with Crippen molar-refractivity contribution in [1.82, 2.24) is 4.90 Å². The van der Waals surface area contributed by atoms with Crippen LogP contribution in [0.5, 0.6) is 0 Å². The Kier molecular flexibility index (Phi) is 6.67. The standard InChI is InChI=1S/C23H37N3O/c1-23(16-8-5-9-17-23)26(18-19-10-6-4-7-11-19)22(27)24-20-12-14-21(15-13-20)25(2)3/h12-15,19H,4-11,16-18H2,1-3H3,(H,24,27). The molecule has 0 saturated heterocycles. The largest absolute Gasteiger partial charge is 0.378 e. The first-order valence-corrected chi connectivity index (χ1v) is 10.8. The highest BCUT2D eigenvalue weighted by molar-refractivity contribution is 5.90. The zero-order valence-corrected chi connectivity index (χ0v) is 17.5. The summed E-state index contributed by atoms with van der Waals surface area (Å²) in [5, 5.41) is 3.19. The molecule has 1 aromatic rings. The summed E-state index contributed by atoms with van der Waals surface area (Å²) >= 11 is 0. The zero-order valence-electron chi connectivity index (χ0n) is 17.5. The van der Waals surface area contributed by atoms with E-state index >= 15 is 0 Å². The second kappa shape index (κ2) is 8.99. The van der Waals surface area contributed by atoms with E-state index in [1.807, 2.05) is 26.2 Å². The van der Waals surface area contributed by atoms with Gasteiger partial charge in [0.05, 0.1) is 0 Å². The number of hydrogen-bond donors (Lipinski definition) is 1. The zero-order chi connectivity index (χ0) is 19.3. The summed E-state index contributed by atoms with van der Waals surface area (Å²) in [5.74, 6) is 0.666. The quantitative estimate of drug-likeness (QED) is 0.700. The molecule has 0 heterocycles. The van der Waals surface area contributed by atoms with Crippen LogP contribution < -0.4 is 10.2 Å². The minimum absolute atomic E-state index is 0.00333. The molecular formula is C23H37N3O. The Morgan fingerprint density at radius 3 is 2.19 bits per heavy atom. The van der Waals surface area contributed by atoms with Crippen LogP contribution in [0.4, 0.5) is 16.2 Å². The number of benzene rings is 1. The monoisotopic (exact) mass is 371 g/mol. The molecule has 1 aromatic carbocycles. The summed E-state index contributed by atoms with van der Waals surface area (Å²) in [7, 11) is 4.06.